The molecule has 0 N–H and O–H groups in total. The van der Waals surface area contributed by atoms with E-state index in [0.29, 0.717) is 34.7 Å². The zero-order valence-corrected chi connectivity index (χ0v) is 18.0. The summed E-state index contributed by atoms with van der Waals surface area (Å²) in [5.41, 5.74) is 1.53. The van der Waals surface area contributed by atoms with Crippen molar-refractivity contribution in [3.05, 3.63) is 70.6 Å². The number of hydrogen-bond donors (Lipinski definition) is 0. The molecule has 0 aliphatic carbocycles. The monoisotopic (exact) mass is 467 g/mol. The third kappa shape index (κ3) is 6.54. The van der Waals surface area contributed by atoms with Crippen LogP contribution in [0.4, 0.5) is 13.2 Å². The molecule has 0 atom stereocenters. The maximum Gasteiger partial charge on any atom is 0.411 e. The summed E-state index contributed by atoms with van der Waals surface area (Å²) in [6, 6.07) is 13.3. The van der Waals surface area contributed by atoms with Crippen molar-refractivity contribution in [1.82, 2.24) is 15.1 Å². The number of rotatable bonds is 9. The number of ether oxygens (including phenoxy) is 1. The summed E-state index contributed by atoms with van der Waals surface area (Å²) in [6.07, 6.45) is -3.67. The Labute approximate surface area is 188 Å². The van der Waals surface area contributed by atoms with E-state index < -0.39 is 12.8 Å². The topological polar surface area (TPSA) is 68.5 Å². The first-order chi connectivity index (χ1) is 15.3. The number of alkyl halides is 3. The van der Waals surface area contributed by atoms with E-state index in [0.717, 1.165) is 0 Å². The van der Waals surface area contributed by atoms with Crippen LogP contribution in [0.1, 0.15) is 35.2 Å². The van der Waals surface area contributed by atoms with Gasteiger partial charge >= 0.3 is 6.18 Å². The molecule has 0 bridgehead atoms. The Kier molecular flexibility index (Phi) is 7.87. The predicted molar refractivity (Wildman–Crippen MR) is 112 cm³/mol. The number of benzene rings is 2. The Morgan fingerprint density at radius 3 is 2.50 bits per heavy atom. The molecule has 0 saturated heterocycles. The van der Waals surface area contributed by atoms with Crippen LogP contribution in [0.3, 0.4) is 0 Å². The van der Waals surface area contributed by atoms with E-state index in [9.17, 15) is 18.0 Å². The summed E-state index contributed by atoms with van der Waals surface area (Å²) in [4.78, 5) is 14.5. The lowest BCUT2D eigenvalue weighted by Crippen LogP contribution is -2.31. The Hall–Kier alpha value is -2.91. The molecule has 0 saturated carbocycles. The van der Waals surface area contributed by atoms with Crippen molar-refractivity contribution < 1.29 is 27.1 Å². The molecule has 32 heavy (non-hydrogen) atoms. The Morgan fingerprint density at radius 2 is 1.84 bits per heavy atom. The van der Waals surface area contributed by atoms with Crippen LogP contribution in [0, 0.1) is 0 Å². The molecule has 2 aromatic carbocycles. The second-order valence-corrected chi connectivity index (χ2v) is 7.42. The zero-order valence-electron chi connectivity index (χ0n) is 17.2. The molecule has 0 radical (unpaired) electrons. The van der Waals surface area contributed by atoms with Crippen molar-refractivity contribution in [2.75, 3.05) is 13.2 Å². The second kappa shape index (κ2) is 10.6. The largest absolute Gasteiger partial charge is 0.419 e. The van der Waals surface area contributed by atoms with Crippen LogP contribution in [-0.4, -0.2) is 40.3 Å². The van der Waals surface area contributed by atoms with Gasteiger partial charge in [0, 0.05) is 12.1 Å². The van der Waals surface area contributed by atoms with Crippen LogP contribution < -0.4 is 0 Å². The first-order valence-corrected chi connectivity index (χ1v) is 10.2. The van der Waals surface area contributed by atoms with Gasteiger partial charge in [-0.05, 0) is 36.2 Å². The number of carbonyl (C=O) groups is 1. The molecule has 10 heteroatoms. The average Bonchev–Trinajstić information content (AvgIpc) is 3.21. The van der Waals surface area contributed by atoms with E-state index in [1.807, 2.05) is 6.92 Å². The van der Waals surface area contributed by atoms with Crippen LogP contribution >= 0.6 is 11.6 Å². The Bertz CT molecular complexity index is 1040. The molecule has 0 unspecified atom stereocenters. The van der Waals surface area contributed by atoms with Gasteiger partial charge in [-0.2, -0.15) is 13.2 Å². The Morgan fingerprint density at radius 1 is 1.12 bits per heavy atom. The number of hydrogen-bond acceptors (Lipinski definition) is 5. The van der Waals surface area contributed by atoms with Crippen molar-refractivity contribution in [3.63, 3.8) is 0 Å². The lowest BCUT2D eigenvalue weighted by molar-refractivity contribution is -0.176. The smallest absolute Gasteiger partial charge is 0.411 e. The van der Waals surface area contributed by atoms with Gasteiger partial charge in [0.1, 0.15) is 6.61 Å². The molecule has 3 rings (SSSR count). The maximum absolute atomic E-state index is 13.0. The highest BCUT2D eigenvalue weighted by Crippen LogP contribution is 2.26. The molecule has 1 amide bonds. The second-order valence-electron chi connectivity index (χ2n) is 7.01. The fraction of sp³-hybridized carbons (Fsp3) is 0.318. The molecule has 0 aliphatic heterocycles. The van der Waals surface area contributed by atoms with E-state index in [2.05, 4.69) is 14.9 Å². The highest BCUT2D eigenvalue weighted by molar-refractivity contribution is 6.33. The number of aromatic nitrogens is 2. The first-order valence-electron chi connectivity index (χ1n) is 9.87. The highest BCUT2D eigenvalue weighted by Gasteiger charge is 2.27. The molecular formula is C22H21ClF3N3O3. The quantitative estimate of drug-likeness (QED) is 0.414. The summed E-state index contributed by atoms with van der Waals surface area (Å²) >= 11 is 6.16. The molecule has 0 fully saturated rings. The maximum atomic E-state index is 13.0. The molecule has 6 nitrogen and oxygen atoms in total. The van der Waals surface area contributed by atoms with Crippen molar-refractivity contribution in [3.8, 4) is 11.5 Å². The van der Waals surface area contributed by atoms with Crippen LogP contribution in [0.15, 0.2) is 52.9 Å². The Balaban J connectivity index is 1.66. The number of carbonyl (C=O) groups excluding carboxylic acids is 1. The van der Waals surface area contributed by atoms with Gasteiger partial charge in [0.05, 0.1) is 23.7 Å². The fourth-order valence-corrected chi connectivity index (χ4v) is 3.17. The van der Waals surface area contributed by atoms with E-state index in [1.165, 1.54) is 0 Å². The van der Waals surface area contributed by atoms with Gasteiger partial charge in [-0.15, -0.1) is 10.2 Å². The van der Waals surface area contributed by atoms with E-state index in [4.69, 9.17) is 16.0 Å². The van der Waals surface area contributed by atoms with Gasteiger partial charge in [0.15, 0.2) is 0 Å². The molecule has 3 aromatic rings. The molecule has 1 heterocycles. The van der Waals surface area contributed by atoms with Crippen molar-refractivity contribution in [2.24, 2.45) is 0 Å². The summed E-state index contributed by atoms with van der Waals surface area (Å²) in [5, 5.41) is 8.51. The molecule has 170 valence electrons. The summed E-state index contributed by atoms with van der Waals surface area (Å²) in [7, 11) is 0. The minimum atomic E-state index is -4.38. The van der Waals surface area contributed by atoms with Gasteiger partial charge in [-0.3, -0.25) is 4.79 Å². The summed E-state index contributed by atoms with van der Waals surface area (Å²) < 4.78 is 46.9. The average molecular weight is 468 g/mol. The number of halogens is 4. The lowest BCUT2D eigenvalue weighted by atomic mass is 10.1. The minimum absolute atomic E-state index is 0.112. The first kappa shape index (κ1) is 23.7. The van der Waals surface area contributed by atoms with E-state index >= 15 is 0 Å². The van der Waals surface area contributed by atoms with Crippen LogP contribution in [-0.2, 0) is 17.9 Å². The lowest BCUT2D eigenvalue weighted by Gasteiger charge is -2.20. The molecular weight excluding hydrogens is 447 g/mol. The van der Waals surface area contributed by atoms with Crippen LogP contribution in [0.2, 0.25) is 5.02 Å². The molecule has 0 spiro atoms. The molecule has 0 aliphatic rings. The zero-order chi connectivity index (χ0) is 23.1. The number of nitrogens with zero attached hydrogens (tertiary/aromatic N) is 3. The van der Waals surface area contributed by atoms with Crippen molar-refractivity contribution in [2.45, 2.75) is 32.7 Å². The van der Waals surface area contributed by atoms with E-state index in [1.54, 1.807) is 53.4 Å². The standard InChI is InChI=1S/C22H21ClF3N3O3/c1-2-11-29(12-19-27-28-20(32-19)17-5-3-4-6-18(17)23)21(30)16-9-7-15(8-10-16)13-31-14-22(24,25)26/h3-10H,2,11-14H2,1H3. The van der Waals surface area contributed by atoms with Gasteiger partial charge in [-0.1, -0.05) is 42.8 Å². The van der Waals surface area contributed by atoms with Crippen LogP contribution in [0.25, 0.3) is 11.5 Å². The van der Waals surface area contributed by atoms with Crippen molar-refractivity contribution >= 4 is 17.5 Å². The predicted octanol–water partition coefficient (Wildman–Crippen LogP) is 5.52. The van der Waals surface area contributed by atoms with Gasteiger partial charge in [0.25, 0.3) is 5.91 Å². The van der Waals surface area contributed by atoms with Gasteiger partial charge in [0.2, 0.25) is 11.8 Å². The van der Waals surface area contributed by atoms with Gasteiger partial charge in [-0.25, -0.2) is 0 Å². The van der Waals surface area contributed by atoms with Crippen molar-refractivity contribution in [1.29, 1.82) is 0 Å². The van der Waals surface area contributed by atoms with Crippen LogP contribution in [0.5, 0.6) is 0 Å². The third-order valence-corrected chi connectivity index (χ3v) is 4.74. The highest BCUT2D eigenvalue weighted by atomic mass is 35.5. The third-order valence-electron chi connectivity index (χ3n) is 4.41. The number of amides is 1. The normalized spacial score (nSPS) is 11.5. The summed E-state index contributed by atoms with van der Waals surface area (Å²) in [5.74, 6) is 0.267. The minimum Gasteiger partial charge on any atom is -0.419 e. The summed E-state index contributed by atoms with van der Waals surface area (Å²) in [6.45, 7) is 0.988. The SMILES string of the molecule is CCCN(Cc1nnc(-c2ccccc2Cl)o1)C(=O)c1ccc(COCC(F)(F)F)cc1. The molecule has 1 aromatic heterocycles. The fourth-order valence-electron chi connectivity index (χ4n) is 2.96. The van der Waals surface area contributed by atoms with Gasteiger partial charge < -0.3 is 14.1 Å². The van der Waals surface area contributed by atoms with E-state index in [-0.39, 0.29) is 30.8 Å².